The van der Waals surface area contributed by atoms with Crippen molar-refractivity contribution in [3.63, 3.8) is 0 Å². The molecule has 3 aliphatic carbocycles. The fourth-order valence-corrected chi connectivity index (χ4v) is 8.20. The average Bonchev–Trinajstić information content (AvgIpc) is 2.62. The van der Waals surface area contributed by atoms with Gasteiger partial charge in [-0.3, -0.25) is 0 Å². The fraction of sp³-hybridized carbons (Fsp3) is 0.731. The van der Waals surface area contributed by atoms with Crippen LogP contribution in [-0.4, -0.2) is 16.2 Å². The number of aryl methyl sites for hydroxylation is 1. The maximum atomic E-state index is 12.3. The van der Waals surface area contributed by atoms with Gasteiger partial charge in [0, 0.05) is 0 Å². The summed E-state index contributed by atoms with van der Waals surface area (Å²) in [5.74, 6) is 0.722. The van der Waals surface area contributed by atoms with Crippen LogP contribution in [0.2, 0.25) is 0 Å². The summed E-state index contributed by atoms with van der Waals surface area (Å²) >= 11 is 0. The van der Waals surface area contributed by atoms with Crippen LogP contribution in [0.1, 0.15) is 107 Å². The van der Waals surface area contributed by atoms with Gasteiger partial charge in [-0.1, -0.05) is 47.5 Å². The van der Waals surface area contributed by atoms with Crippen molar-refractivity contribution in [2.45, 2.75) is 97.8 Å². The number of rotatable bonds is 3. The van der Waals surface area contributed by atoms with E-state index in [9.17, 15) is 15.0 Å². The molecule has 2 saturated carbocycles. The molecule has 1 aromatic carbocycles. The minimum absolute atomic E-state index is 0.164. The summed E-state index contributed by atoms with van der Waals surface area (Å²) < 4.78 is 0. The zero-order valence-corrected chi connectivity index (χ0v) is 18.9. The molecule has 4 rings (SSSR count). The highest BCUT2D eigenvalue weighted by Gasteiger charge is 2.60. The van der Waals surface area contributed by atoms with Crippen LogP contribution in [0.5, 0.6) is 5.75 Å². The fourth-order valence-electron chi connectivity index (χ4n) is 8.20. The minimum Gasteiger partial charge on any atom is -0.507 e. The summed E-state index contributed by atoms with van der Waals surface area (Å²) in [6, 6.07) is 1.78. The number of carboxylic acid groups (broad SMARTS) is 1. The van der Waals surface area contributed by atoms with Gasteiger partial charge in [0.25, 0.3) is 0 Å². The monoisotopic (exact) mass is 398 g/mol. The summed E-state index contributed by atoms with van der Waals surface area (Å²) in [5.41, 5.74) is 3.60. The Bertz CT molecular complexity index is 839. The molecule has 160 valence electrons. The Morgan fingerprint density at radius 3 is 2.48 bits per heavy atom. The van der Waals surface area contributed by atoms with Crippen LogP contribution in [0.4, 0.5) is 0 Å². The third-order valence-electron chi connectivity index (χ3n) is 9.28. The first-order valence-electron chi connectivity index (χ1n) is 11.7. The number of fused-ring (bicyclic) bond motifs is 5. The first-order valence-corrected chi connectivity index (χ1v) is 11.7. The van der Waals surface area contributed by atoms with Crippen LogP contribution in [0.15, 0.2) is 6.07 Å². The normalized spacial score (nSPS) is 35.3. The Kier molecular flexibility index (Phi) is 4.83. The third-order valence-corrected chi connectivity index (χ3v) is 9.28. The Labute approximate surface area is 175 Å². The van der Waals surface area contributed by atoms with Crippen LogP contribution in [0.3, 0.4) is 0 Å². The van der Waals surface area contributed by atoms with Gasteiger partial charge in [0.2, 0.25) is 0 Å². The largest absolute Gasteiger partial charge is 0.507 e. The highest BCUT2D eigenvalue weighted by molar-refractivity contribution is 5.91. The molecule has 0 amide bonds. The number of aromatic carboxylic acids is 1. The first-order chi connectivity index (χ1) is 13.6. The number of aromatic hydroxyl groups is 1. The van der Waals surface area contributed by atoms with Gasteiger partial charge in [-0.25, -0.2) is 4.79 Å². The first kappa shape index (κ1) is 20.8. The second kappa shape index (κ2) is 6.75. The molecule has 0 heterocycles. The van der Waals surface area contributed by atoms with Crippen molar-refractivity contribution in [1.82, 2.24) is 0 Å². The van der Waals surface area contributed by atoms with E-state index in [1.165, 1.54) is 19.3 Å². The zero-order chi connectivity index (χ0) is 21.2. The van der Waals surface area contributed by atoms with Crippen molar-refractivity contribution in [3.05, 3.63) is 28.3 Å². The van der Waals surface area contributed by atoms with E-state index in [1.54, 1.807) is 6.07 Å². The van der Waals surface area contributed by atoms with Gasteiger partial charge in [-0.05, 0) is 95.8 Å². The van der Waals surface area contributed by atoms with Crippen molar-refractivity contribution in [2.24, 2.45) is 22.7 Å². The maximum Gasteiger partial charge on any atom is 0.336 e. The molecule has 29 heavy (non-hydrogen) atoms. The smallest absolute Gasteiger partial charge is 0.336 e. The molecule has 0 spiro atoms. The summed E-state index contributed by atoms with van der Waals surface area (Å²) in [6.07, 6.45) is 9.51. The number of carboxylic acids is 1. The van der Waals surface area contributed by atoms with E-state index in [0.717, 1.165) is 55.2 Å². The van der Waals surface area contributed by atoms with Crippen molar-refractivity contribution >= 4 is 5.97 Å². The lowest BCUT2D eigenvalue weighted by atomic mass is 9.40. The predicted molar refractivity (Wildman–Crippen MR) is 117 cm³/mol. The molecule has 0 aliphatic heterocycles. The van der Waals surface area contributed by atoms with E-state index in [2.05, 4.69) is 34.6 Å². The van der Waals surface area contributed by atoms with Crippen LogP contribution >= 0.6 is 0 Å². The molecule has 3 heteroatoms. The molecule has 0 bridgehead atoms. The third kappa shape index (κ3) is 2.86. The molecule has 0 aromatic heterocycles. The lowest BCUT2D eigenvalue weighted by molar-refractivity contribution is -0.110. The zero-order valence-electron chi connectivity index (χ0n) is 18.9. The minimum atomic E-state index is -0.836. The molecule has 4 unspecified atom stereocenters. The van der Waals surface area contributed by atoms with Crippen molar-refractivity contribution in [1.29, 1.82) is 0 Å². The highest BCUT2D eigenvalue weighted by atomic mass is 16.4. The van der Waals surface area contributed by atoms with E-state index in [4.69, 9.17) is 0 Å². The van der Waals surface area contributed by atoms with Gasteiger partial charge < -0.3 is 10.2 Å². The van der Waals surface area contributed by atoms with E-state index in [0.29, 0.717) is 28.6 Å². The van der Waals surface area contributed by atoms with E-state index in [-0.39, 0.29) is 10.8 Å². The highest BCUT2D eigenvalue weighted by Crippen LogP contribution is 2.67. The van der Waals surface area contributed by atoms with Crippen molar-refractivity contribution in [2.75, 3.05) is 0 Å². The van der Waals surface area contributed by atoms with Gasteiger partial charge >= 0.3 is 5.97 Å². The Morgan fingerprint density at radius 1 is 1.10 bits per heavy atom. The second-order valence-electron chi connectivity index (χ2n) is 11.3. The summed E-state index contributed by atoms with van der Waals surface area (Å²) in [7, 11) is 0. The molecule has 2 N–H and O–H groups in total. The molecular formula is C26H38O3. The summed E-state index contributed by atoms with van der Waals surface area (Å²) in [6.45, 7) is 11.8. The molecule has 3 aliphatic rings. The standard InChI is InChI=1S/C26H38O3/c1-6-8-16-15-18(23(28)29)21-17(22(16)27)9-10-20-25(4)13-7-12-24(2,3)19(25)11-14-26(20,21)5/h15,19-20,27H,6-14H2,1-5H3,(H,28,29). The van der Waals surface area contributed by atoms with Gasteiger partial charge in [-0.2, -0.15) is 0 Å². The number of carbonyl (C=O) groups is 1. The summed E-state index contributed by atoms with van der Waals surface area (Å²) in [4.78, 5) is 12.3. The van der Waals surface area contributed by atoms with E-state index in [1.807, 2.05) is 0 Å². The average molecular weight is 399 g/mol. The molecular weight excluding hydrogens is 360 g/mol. The molecule has 0 radical (unpaired) electrons. The Morgan fingerprint density at radius 2 is 1.83 bits per heavy atom. The predicted octanol–water partition coefficient (Wildman–Crippen LogP) is 6.49. The maximum absolute atomic E-state index is 12.3. The van der Waals surface area contributed by atoms with Crippen LogP contribution in [0.25, 0.3) is 0 Å². The number of phenols is 1. The number of hydrogen-bond donors (Lipinski definition) is 2. The van der Waals surface area contributed by atoms with Crippen LogP contribution in [0, 0.1) is 22.7 Å². The van der Waals surface area contributed by atoms with E-state index < -0.39 is 5.97 Å². The molecule has 1 aromatic rings. The molecule has 2 fully saturated rings. The summed E-state index contributed by atoms with van der Waals surface area (Å²) in [5, 5.41) is 21.2. The van der Waals surface area contributed by atoms with Crippen molar-refractivity contribution < 1.29 is 15.0 Å². The Balaban J connectivity index is 1.89. The van der Waals surface area contributed by atoms with E-state index >= 15 is 0 Å². The lowest BCUT2D eigenvalue weighted by Crippen LogP contribution is -2.58. The SMILES string of the molecule is CCCc1cc(C(=O)O)c2c(c1O)CCC1C2(C)CCC2C(C)(C)CCCC21C. The van der Waals surface area contributed by atoms with Crippen molar-refractivity contribution in [3.8, 4) is 5.75 Å². The van der Waals surface area contributed by atoms with Gasteiger partial charge in [0.15, 0.2) is 0 Å². The number of phenolic OH excluding ortho intramolecular Hbond substituents is 1. The van der Waals surface area contributed by atoms with Crippen LogP contribution in [-0.2, 0) is 18.3 Å². The van der Waals surface area contributed by atoms with Gasteiger partial charge in [-0.15, -0.1) is 0 Å². The van der Waals surface area contributed by atoms with Crippen LogP contribution < -0.4 is 0 Å². The molecule has 4 atom stereocenters. The lowest BCUT2D eigenvalue weighted by Gasteiger charge is -2.64. The molecule has 3 nitrogen and oxygen atoms in total. The Hall–Kier alpha value is -1.51. The quantitative estimate of drug-likeness (QED) is 0.612. The van der Waals surface area contributed by atoms with Gasteiger partial charge in [0.1, 0.15) is 5.75 Å². The number of benzene rings is 1. The van der Waals surface area contributed by atoms with Gasteiger partial charge in [0.05, 0.1) is 5.56 Å². The molecule has 0 saturated heterocycles. The topological polar surface area (TPSA) is 57.5 Å². The second-order valence-corrected chi connectivity index (χ2v) is 11.3. The number of hydrogen-bond acceptors (Lipinski definition) is 2.